The van der Waals surface area contributed by atoms with Crippen LogP contribution in [0.2, 0.25) is 0 Å². The topological polar surface area (TPSA) is 84.5 Å². The van der Waals surface area contributed by atoms with Gasteiger partial charge in [-0.05, 0) is 42.3 Å². The Kier molecular flexibility index (Phi) is 7.61. The molecular weight excluding hydrogens is 431 g/mol. The van der Waals surface area contributed by atoms with E-state index in [1.165, 1.54) is 24.3 Å². The van der Waals surface area contributed by atoms with Crippen molar-refractivity contribution in [3.63, 3.8) is 0 Å². The highest BCUT2D eigenvalue weighted by molar-refractivity contribution is 7.89. The molecule has 1 unspecified atom stereocenters. The van der Waals surface area contributed by atoms with E-state index >= 15 is 0 Å². The second kappa shape index (κ2) is 10.4. The second-order valence-corrected chi connectivity index (χ2v) is 8.92. The lowest BCUT2D eigenvalue weighted by Gasteiger charge is -2.21. The van der Waals surface area contributed by atoms with Crippen LogP contribution in [0.5, 0.6) is 5.75 Å². The predicted molar refractivity (Wildman–Crippen MR) is 121 cm³/mol. The van der Waals surface area contributed by atoms with Gasteiger partial charge >= 0.3 is 0 Å². The first-order chi connectivity index (χ1) is 15.3. The smallest absolute Gasteiger partial charge is 0.252 e. The van der Waals surface area contributed by atoms with E-state index in [9.17, 15) is 17.6 Å². The Balaban J connectivity index is 1.86. The van der Waals surface area contributed by atoms with E-state index in [2.05, 4.69) is 10.0 Å². The molecule has 3 aromatic rings. The maximum Gasteiger partial charge on any atom is 0.252 e. The molecule has 1 amide bonds. The minimum atomic E-state index is -3.71. The molecule has 8 heteroatoms. The molecule has 0 spiro atoms. The molecule has 3 rings (SSSR count). The van der Waals surface area contributed by atoms with Crippen molar-refractivity contribution in [1.82, 2.24) is 10.0 Å². The summed E-state index contributed by atoms with van der Waals surface area (Å²) in [6.45, 7) is 3.64. The zero-order valence-electron chi connectivity index (χ0n) is 17.8. The van der Waals surface area contributed by atoms with Gasteiger partial charge in [0.05, 0.1) is 10.9 Å². The molecule has 0 saturated carbocycles. The van der Waals surface area contributed by atoms with E-state index < -0.39 is 27.8 Å². The molecule has 0 radical (unpaired) electrons. The summed E-state index contributed by atoms with van der Waals surface area (Å²) in [7, 11) is -3.71. The number of amides is 1. The standard InChI is InChI=1S/C24H25FN2O4S/c1-3-26-32(29,30)19-14-13-17(2)20(15-19)24(28)27-22(18-9-5-4-6-10-18)16-31-23-12-8-7-11-21(23)25/h4-15,22,26H,3,16H2,1-2H3,(H,27,28). The van der Waals surface area contributed by atoms with Gasteiger partial charge in [-0.2, -0.15) is 0 Å². The van der Waals surface area contributed by atoms with Crippen molar-refractivity contribution in [2.24, 2.45) is 0 Å². The highest BCUT2D eigenvalue weighted by atomic mass is 32.2. The van der Waals surface area contributed by atoms with Crippen LogP contribution in [0.1, 0.15) is 34.5 Å². The van der Waals surface area contributed by atoms with E-state index in [4.69, 9.17) is 4.74 Å². The third-order valence-electron chi connectivity index (χ3n) is 4.85. The van der Waals surface area contributed by atoms with Crippen LogP contribution in [0.3, 0.4) is 0 Å². The van der Waals surface area contributed by atoms with Crippen molar-refractivity contribution in [2.45, 2.75) is 24.8 Å². The summed E-state index contributed by atoms with van der Waals surface area (Å²) in [5.41, 5.74) is 1.63. The number of hydrogen-bond donors (Lipinski definition) is 2. The summed E-state index contributed by atoms with van der Waals surface area (Å²) in [5, 5.41) is 2.89. The first-order valence-electron chi connectivity index (χ1n) is 10.1. The lowest BCUT2D eigenvalue weighted by molar-refractivity contribution is 0.0919. The summed E-state index contributed by atoms with van der Waals surface area (Å²) in [5.74, 6) is -0.873. The number of ether oxygens (including phenoxy) is 1. The molecule has 0 aliphatic rings. The van der Waals surface area contributed by atoms with Gasteiger partial charge in [0, 0.05) is 12.1 Å². The largest absolute Gasteiger partial charge is 0.488 e. The van der Waals surface area contributed by atoms with Crippen LogP contribution in [0, 0.1) is 12.7 Å². The van der Waals surface area contributed by atoms with Crippen LogP contribution in [0.25, 0.3) is 0 Å². The van der Waals surface area contributed by atoms with E-state index in [1.54, 1.807) is 32.0 Å². The van der Waals surface area contributed by atoms with Crippen LogP contribution in [0.4, 0.5) is 4.39 Å². The first-order valence-corrected chi connectivity index (χ1v) is 11.6. The Hall–Kier alpha value is -3.23. The lowest BCUT2D eigenvalue weighted by Crippen LogP contribution is -2.33. The van der Waals surface area contributed by atoms with Crippen LogP contribution in [-0.4, -0.2) is 27.5 Å². The number of nitrogens with one attached hydrogen (secondary N) is 2. The van der Waals surface area contributed by atoms with E-state index in [1.807, 2.05) is 30.3 Å². The van der Waals surface area contributed by atoms with Crippen molar-refractivity contribution in [2.75, 3.05) is 13.2 Å². The number of carbonyl (C=O) groups excluding carboxylic acids is 1. The zero-order valence-corrected chi connectivity index (χ0v) is 18.7. The van der Waals surface area contributed by atoms with Crippen molar-refractivity contribution in [3.8, 4) is 5.75 Å². The summed E-state index contributed by atoms with van der Waals surface area (Å²) in [6.07, 6.45) is 0. The number of rotatable bonds is 9. The minimum absolute atomic E-state index is 0.00830. The van der Waals surface area contributed by atoms with Gasteiger partial charge in [-0.25, -0.2) is 17.5 Å². The number of benzene rings is 3. The number of para-hydroxylation sites is 1. The van der Waals surface area contributed by atoms with Gasteiger partial charge in [-0.3, -0.25) is 4.79 Å². The van der Waals surface area contributed by atoms with Crippen LogP contribution in [0.15, 0.2) is 77.7 Å². The fourth-order valence-electron chi connectivity index (χ4n) is 3.16. The van der Waals surface area contributed by atoms with Crippen molar-refractivity contribution < 1.29 is 22.3 Å². The lowest BCUT2D eigenvalue weighted by atomic mass is 10.0. The van der Waals surface area contributed by atoms with Gasteiger partial charge in [-0.15, -0.1) is 0 Å². The minimum Gasteiger partial charge on any atom is -0.488 e. The quantitative estimate of drug-likeness (QED) is 0.510. The Bertz CT molecular complexity index is 1180. The Morgan fingerprint density at radius 2 is 1.72 bits per heavy atom. The highest BCUT2D eigenvalue weighted by Gasteiger charge is 2.21. The Morgan fingerprint density at radius 3 is 2.41 bits per heavy atom. The van der Waals surface area contributed by atoms with Crippen molar-refractivity contribution >= 4 is 15.9 Å². The first kappa shape index (κ1) is 23.4. The molecule has 0 aliphatic carbocycles. The number of hydrogen-bond acceptors (Lipinski definition) is 4. The number of halogens is 1. The Morgan fingerprint density at radius 1 is 1.03 bits per heavy atom. The molecule has 0 fully saturated rings. The van der Waals surface area contributed by atoms with E-state index in [0.717, 1.165) is 5.56 Å². The number of aryl methyl sites for hydroxylation is 1. The van der Waals surface area contributed by atoms with Crippen LogP contribution in [-0.2, 0) is 10.0 Å². The van der Waals surface area contributed by atoms with Gasteiger partial charge in [0.2, 0.25) is 10.0 Å². The highest BCUT2D eigenvalue weighted by Crippen LogP contribution is 2.21. The summed E-state index contributed by atoms with van der Waals surface area (Å²) >= 11 is 0. The van der Waals surface area contributed by atoms with Gasteiger partial charge in [0.15, 0.2) is 11.6 Å². The maximum atomic E-state index is 14.0. The van der Waals surface area contributed by atoms with Gasteiger partial charge in [-0.1, -0.05) is 55.5 Å². The van der Waals surface area contributed by atoms with Crippen LogP contribution < -0.4 is 14.8 Å². The van der Waals surface area contributed by atoms with Crippen LogP contribution >= 0.6 is 0 Å². The molecule has 3 aromatic carbocycles. The van der Waals surface area contributed by atoms with Crippen molar-refractivity contribution in [3.05, 3.63) is 95.3 Å². The van der Waals surface area contributed by atoms with Gasteiger partial charge < -0.3 is 10.1 Å². The molecule has 0 aliphatic heterocycles. The fourth-order valence-corrected chi connectivity index (χ4v) is 4.23. The molecule has 0 saturated heterocycles. The zero-order chi connectivity index (χ0) is 23.1. The summed E-state index contributed by atoms with van der Waals surface area (Å²) < 4.78 is 46.7. The maximum absolute atomic E-state index is 14.0. The van der Waals surface area contributed by atoms with Gasteiger partial charge in [0.25, 0.3) is 5.91 Å². The molecular formula is C24H25FN2O4S. The monoisotopic (exact) mass is 456 g/mol. The van der Waals surface area contributed by atoms with Gasteiger partial charge in [0.1, 0.15) is 6.61 Å². The molecule has 0 bridgehead atoms. The molecule has 2 N–H and O–H groups in total. The average Bonchev–Trinajstić information content (AvgIpc) is 2.78. The number of carbonyl (C=O) groups is 1. The summed E-state index contributed by atoms with van der Waals surface area (Å²) in [6, 6.07) is 19.0. The summed E-state index contributed by atoms with van der Waals surface area (Å²) in [4.78, 5) is 13.1. The van der Waals surface area contributed by atoms with Crippen molar-refractivity contribution in [1.29, 1.82) is 0 Å². The SMILES string of the molecule is CCNS(=O)(=O)c1ccc(C)c(C(=O)NC(COc2ccccc2F)c2ccccc2)c1. The molecule has 32 heavy (non-hydrogen) atoms. The Labute approximate surface area is 187 Å². The fraction of sp³-hybridized carbons (Fsp3) is 0.208. The number of sulfonamides is 1. The molecule has 1 atom stereocenters. The normalized spacial score (nSPS) is 12.2. The molecule has 6 nitrogen and oxygen atoms in total. The molecule has 0 heterocycles. The average molecular weight is 457 g/mol. The third-order valence-corrected chi connectivity index (χ3v) is 6.39. The third kappa shape index (κ3) is 5.72. The van der Waals surface area contributed by atoms with E-state index in [-0.39, 0.29) is 29.4 Å². The van der Waals surface area contributed by atoms with E-state index in [0.29, 0.717) is 5.56 Å². The predicted octanol–water partition coefficient (Wildman–Crippen LogP) is 3.98. The molecule has 0 aromatic heterocycles. The second-order valence-electron chi connectivity index (χ2n) is 7.16. The molecule has 168 valence electrons.